The molecule has 8 nitrogen and oxygen atoms in total. The van der Waals surface area contributed by atoms with Crippen LogP contribution in [0.5, 0.6) is 0 Å². The molecule has 3 amide bonds. The Hall–Kier alpha value is -2.61. The molecule has 204 valence electrons. The van der Waals surface area contributed by atoms with Gasteiger partial charge >= 0.3 is 6.09 Å². The highest BCUT2D eigenvalue weighted by Crippen LogP contribution is 2.26. The second-order valence-electron chi connectivity index (χ2n) is 11.5. The zero-order chi connectivity index (χ0) is 27.7. The summed E-state index contributed by atoms with van der Waals surface area (Å²) in [5.74, 6) is -0.849. The number of unbranched alkanes of at least 4 members (excludes halogenated alkanes) is 3. The molecule has 0 saturated carbocycles. The number of alkyl carbamates (subject to hydrolysis) is 1. The first-order chi connectivity index (χ1) is 16.6. The quantitative estimate of drug-likeness (QED) is 0.382. The van der Waals surface area contributed by atoms with Gasteiger partial charge in [-0.05, 0) is 67.4 Å². The second kappa shape index (κ2) is 13.6. The second-order valence-corrected chi connectivity index (χ2v) is 11.5. The van der Waals surface area contributed by atoms with Crippen molar-refractivity contribution in [3.05, 3.63) is 34.9 Å². The SMILES string of the molecule is CCCCCCN(C(=O)C(CO)NC(=O)OC(C)(C)C)C(C(=O)NC(C)(C)C)c1cc(C)cc(C)c1. The van der Waals surface area contributed by atoms with E-state index in [1.807, 2.05) is 52.8 Å². The first kappa shape index (κ1) is 31.4. The van der Waals surface area contributed by atoms with Gasteiger partial charge in [0.2, 0.25) is 11.8 Å². The van der Waals surface area contributed by atoms with Gasteiger partial charge in [0.15, 0.2) is 0 Å². The van der Waals surface area contributed by atoms with Crippen molar-refractivity contribution in [2.24, 2.45) is 0 Å². The van der Waals surface area contributed by atoms with Gasteiger partial charge < -0.3 is 25.4 Å². The topological polar surface area (TPSA) is 108 Å². The normalized spacial score (nSPS) is 13.5. The number of amides is 3. The molecular weight excluding hydrogens is 458 g/mol. The van der Waals surface area contributed by atoms with Gasteiger partial charge in [0.05, 0.1) is 6.61 Å². The molecule has 0 fully saturated rings. The largest absolute Gasteiger partial charge is 0.444 e. The number of aryl methyl sites for hydroxylation is 2. The van der Waals surface area contributed by atoms with Crippen molar-refractivity contribution in [3.8, 4) is 0 Å². The lowest BCUT2D eigenvalue weighted by atomic mass is 9.97. The highest BCUT2D eigenvalue weighted by molar-refractivity contribution is 5.92. The van der Waals surface area contributed by atoms with Gasteiger partial charge in [0.25, 0.3) is 0 Å². The molecule has 0 radical (unpaired) electrons. The lowest BCUT2D eigenvalue weighted by Gasteiger charge is -2.36. The lowest BCUT2D eigenvalue weighted by molar-refractivity contribution is -0.144. The van der Waals surface area contributed by atoms with Crippen LogP contribution in [0.3, 0.4) is 0 Å². The smallest absolute Gasteiger partial charge is 0.408 e. The van der Waals surface area contributed by atoms with E-state index < -0.39 is 41.8 Å². The van der Waals surface area contributed by atoms with Gasteiger partial charge in [0.1, 0.15) is 17.7 Å². The molecule has 2 unspecified atom stereocenters. The minimum atomic E-state index is -1.25. The van der Waals surface area contributed by atoms with Crippen LogP contribution in [0.25, 0.3) is 0 Å². The summed E-state index contributed by atoms with van der Waals surface area (Å²) in [7, 11) is 0. The molecule has 8 heteroatoms. The average molecular weight is 506 g/mol. The maximum atomic E-state index is 13.8. The van der Waals surface area contributed by atoms with Gasteiger partial charge in [-0.2, -0.15) is 0 Å². The molecule has 0 aliphatic carbocycles. The number of carbonyl (C=O) groups excluding carboxylic acids is 3. The number of rotatable bonds is 11. The summed E-state index contributed by atoms with van der Waals surface area (Å²) >= 11 is 0. The molecule has 0 aromatic heterocycles. The van der Waals surface area contributed by atoms with Gasteiger partial charge in [-0.25, -0.2) is 4.79 Å². The van der Waals surface area contributed by atoms with Crippen LogP contribution >= 0.6 is 0 Å². The number of nitrogens with one attached hydrogen (secondary N) is 2. The number of hydrogen-bond acceptors (Lipinski definition) is 5. The maximum Gasteiger partial charge on any atom is 0.408 e. The first-order valence-corrected chi connectivity index (χ1v) is 12.9. The lowest BCUT2D eigenvalue weighted by Crippen LogP contribution is -2.55. The predicted octanol–water partition coefficient (Wildman–Crippen LogP) is 4.55. The zero-order valence-electron chi connectivity index (χ0n) is 23.7. The summed E-state index contributed by atoms with van der Waals surface area (Å²) in [6.07, 6.45) is 2.81. The molecule has 1 aromatic rings. The summed E-state index contributed by atoms with van der Waals surface area (Å²) < 4.78 is 5.29. The Labute approximate surface area is 217 Å². The van der Waals surface area contributed by atoms with Crippen LogP contribution in [0.2, 0.25) is 0 Å². The number of ether oxygens (including phenoxy) is 1. The highest BCUT2D eigenvalue weighted by Gasteiger charge is 2.37. The fourth-order valence-corrected chi connectivity index (χ4v) is 3.99. The predicted molar refractivity (Wildman–Crippen MR) is 143 cm³/mol. The Kier molecular flexibility index (Phi) is 11.9. The number of aliphatic hydroxyl groups excluding tert-OH is 1. The molecule has 1 rings (SSSR count). The van der Waals surface area contributed by atoms with E-state index in [1.165, 1.54) is 4.90 Å². The minimum absolute atomic E-state index is 0.306. The van der Waals surface area contributed by atoms with Crippen molar-refractivity contribution in [2.75, 3.05) is 13.2 Å². The summed E-state index contributed by atoms with van der Waals surface area (Å²) in [5, 5.41) is 15.6. The Balaban J connectivity index is 3.48. The van der Waals surface area contributed by atoms with Crippen LogP contribution in [0, 0.1) is 13.8 Å². The molecule has 0 aliphatic heterocycles. The van der Waals surface area contributed by atoms with E-state index in [2.05, 4.69) is 17.6 Å². The fourth-order valence-electron chi connectivity index (χ4n) is 3.99. The summed E-state index contributed by atoms with van der Waals surface area (Å²) in [4.78, 5) is 41.4. The van der Waals surface area contributed by atoms with Crippen molar-refractivity contribution in [1.82, 2.24) is 15.5 Å². The standard InChI is InChI=1S/C28H47N3O5/c1-10-11-12-13-14-31(25(34)22(18-32)29-26(35)36-28(7,8)9)23(24(33)30-27(4,5)6)21-16-19(2)15-20(3)17-21/h15-17,22-23,32H,10-14,18H2,1-9H3,(H,29,35)(H,30,33). The Morgan fingerprint density at radius 1 is 0.972 bits per heavy atom. The molecule has 0 saturated heterocycles. The van der Waals surface area contributed by atoms with Gasteiger partial charge in [0, 0.05) is 12.1 Å². The third-order valence-corrected chi connectivity index (χ3v) is 5.33. The summed E-state index contributed by atoms with van der Waals surface area (Å²) in [6.45, 7) is 16.5. The van der Waals surface area contributed by atoms with Crippen LogP contribution in [0.1, 0.15) is 96.9 Å². The van der Waals surface area contributed by atoms with Crippen LogP contribution in [0.4, 0.5) is 4.79 Å². The fraction of sp³-hybridized carbons (Fsp3) is 0.679. The molecule has 0 bridgehead atoms. The molecule has 0 heterocycles. The van der Waals surface area contributed by atoms with Gasteiger partial charge in [-0.15, -0.1) is 0 Å². The first-order valence-electron chi connectivity index (χ1n) is 12.9. The van der Waals surface area contributed by atoms with Gasteiger partial charge in [-0.1, -0.05) is 55.5 Å². The van der Waals surface area contributed by atoms with Crippen molar-refractivity contribution < 1.29 is 24.2 Å². The van der Waals surface area contributed by atoms with E-state index in [-0.39, 0.29) is 5.91 Å². The minimum Gasteiger partial charge on any atom is -0.444 e. The highest BCUT2D eigenvalue weighted by atomic mass is 16.6. The Morgan fingerprint density at radius 2 is 1.56 bits per heavy atom. The van der Waals surface area contributed by atoms with E-state index >= 15 is 0 Å². The number of hydrogen-bond donors (Lipinski definition) is 3. The Morgan fingerprint density at radius 3 is 2.03 bits per heavy atom. The third kappa shape index (κ3) is 11.0. The third-order valence-electron chi connectivity index (χ3n) is 5.33. The summed E-state index contributed by atoms with van der Waals surface area (Å²) in [6, 6.07) is 3.65. The van der Waals surface area contributed by atoms with Crippen LogP contribution in [-0.2, 0) is 14.3 Å². The zero-order valence-corrected chi connectivity index (χ0v) is 23.7. The molecule has 36 heavy (non-hydrogen) atoms. The molecular formula is C28H47N3O5. The van der Waals surface area contributed by atoms with Crippen molar-refractivity contribution in [3.63, 3.8) is 0 Å². The van der Waals surface area contributed by atoms with E-state index in [0.29, 0.717) is 18.5 Å². The van der Waals surface area contributed by atoms with Crippen molar-refractivity contribution >= 4 is 17.9 Å². The molecule has 3 N–H and O–H groups in total. The van der Waals surface area contributed by atoms with E-state index in [9.17, 15) is 19.5 Å². The van der Waals surface area contributed by atoms with E-state index in [1.54, 1.807) is 20.8 Å². The van der Waals surface area contributed by atoms with Gasteiger partial charge in [-0.3, -0.25) is 9.59 Å². The van der Waals surface area contributed by atoms with Crippen molar-refractivity contribution in [1.29, 1.82) is 0 Å². The molecule has 0 spiro atoms. The van der Waals surface area contributed by atoms with Crippen LogP contribution in [0.15, 0.2) is 18.2 Å². The van der Waals surface area contributed by atoms with Crippen LogP contribution in [-0.4, -0.2) is 58.2 Å². The van der Waals surface area contributed by atoms with E-state index in [4.69, 9.17) is 4.74 Å². The van der Waals surface area contributed by atoms with E-state index in [0.717, 1.165) is 30.4 Å². The van der Waals surface area contributed by atoms with Crippen LogP contribution < -0.4 is 10.6 Å². The monoisotopic (exact) mass is 505 g/mol. The summed E-state index contributed by atoms with van der Waals surface area (Å²) in [5.41, 5.74) is 1.36. The number of benzene rings is 1. The molecule has 2 atom stereocenters. The van der Waals surface area contributed by atoms with Crippen molar-refractivity contribution in [2.45, 2.75) is 111 Å². The molecule has 1 aromatic carbocycles. The molecule has 0 aliphatic rings. The average Bonchev–Trinajstić information content (AvgIpc) is 2.70. The maximum absolute atomic E-state index is 13.8. The number of aliphatic hydroxyl groups is 1. The Bertz CT molecular complexity index is 866. The number of nitrogens with zero attached hydrogens (tertiary/aromatic N) is 1. The number of carbonyl (C=O) groups is 3.